The summed E-state index contributed by atoms with van der Waals surface area (Å²) in [5.74, 6) is -1.37. The van der Waals surface area contributed by atoms with Crippen LogP contribution in [0.3, 0.4) is 0 Å². The molecule has 2 aromatic heterocycles. The summed E-state index contributed by atoms with van der Waals surface area (Å²) in [6.07, 6.45) is 2.31. The summed E-state index contributed by atoms with van der Waals surface area (Å²) in [7, 11) is 0. The van der Waals surface area contributed by atoms with Crippen molar-refractivity contribution in [1.82, 2.24) is 9.97 Å². The predicted molar refractivity (Wildman–Crippen MR) is 122 cm³/mol. The Hall–Kier alpha value is -3.48. The second kappa shape index (κ2) is 10.0. The highest BCUT2D eigenvalue weighted by Crippen LogP contribution is 2.35. The minimum absolute atomic E-state index is 0.257. The van der Waals surface area contributed by atoms with Gasteiger partial charge in [0.1, 0.15) is 11.5 Å². The fourth-order valence-electron chi connectivity index (χ4n) is 3.10. The van der Waals surface area contributed by atoms with Crippen molar-refractivity contribution in [2.24, 2.45) is 0 Å². The van der Waals surface area contributed by atoms with Gasteiger partial charge >= 0.3 is 5.97 Å². The van der Waals surface area contributed by atoms with E-state index in [1.165, 1.54) is 12.3 Å². The molecule has 0 bridgehead atoms. The number of aryl methyl sites for hydroxylation is 1. The lowest BCUT2D eigenvalue weighted by molar-refractivity contribution is -0.111. The van der Waals surface area contributed by atoms with Crippen LogP contribution in [-0.4, -0.2) is 27.9 Å². The Morgan fingerprint density at radius 2 is 1.90 bits per heavy atom. The van der Waals surface area contributed by atoms with Crippen LogP contribution < -0.4 is 5.32 Å². The monoisotopic (exact) mass is 425 g/mol. The predicted octanol–water partition coefficient (Wildman–Crippen LogP) is 5.70. The normalized spacial score (nSPS) is 10.5. The molecule has 3 rings (SSSR count). The Bertz CT molecular complexity index is 1130. The minimum Gasteiger partial charge on any atom is -0.459 e. The third kappa shape index (κ3) is 5.17. The van der Waals surface area contributed by atoms with E-state index in [0.29, 0.717) is 39.0 Å². The van der Waals surface area contributed by atoms with E-state index in [-0.39, 0.29) is 6.10 Å². The van der Waals surface area contributed by atoms with Crippen molar-refractivity contribution >= 4 is 28.6 Å². The maximum atomic E-state index is 14.6. The first-order chi connectivity index (χ1) is 14.7. The average molecular weight is 426 g/mol. The number of amides is 1. The van der Waals surface area contributed by atoms with Crippen LogP contribution in [0.25, 0.3) is 22.2 Å². The number of carbonyl (C=O) groups excluding carboxylic acids is 2. The lowest BCUT2D eigenvalue weighted by atomic mass is 9.99. The number of hydrogen-bond donors (Lipinski definition) is 2. The van der Waals surface area contributed by atoms with Crippen LogP contribution >= 0.6 is 0 Å². The van der Waals surface area contributed by atoms with E-state index < -0.39 is 17.7 Å². The van der Waals surface area contributed by atoms with Crippen LogP contribution in [0.2, 0.25) is 0 Å². The van der Waals surface area contributed by atoms with Gasteiger partial charge in [-0.3, -0.25) is 4.79 Å². The van der Waals surface area contributed by atoms with E-state index in [1.807, 2.05) is 20.8 Å². The molecule has 0 radical (unpaired) electrons. The molecule has 3 aromatic rings. The quantitative estimate of drug-likeness (QED) is 0.406. The van der Waals surface area contributed by atoms with Crippen LogP contribution in [0.15, 0.2) is 37.1 Å². The number of benzene rings is 1. The molecule has 0 atom stereocenters. The van der Waals surface area contributed by atoms with Gasteiger partial charge in [-0.1, -0.05) is 20.4 Å². The number of rotatable bonds is 5. The van der Waals surface area contributed by atoms with E-state index in [9.17, 15) is 14.0 Å². The summed E-state index contributed by atoms with van der Waals surface area (Å²) in [5, 5.41) is 3.28. The smallest absolute Gasteiger partial charge is 0.339 e. The van der Waals surface area contributed by atoms with Gasteiger partial charge in [0.25, 0.3) is 0 Å². The van der Waals surface area contributed by atoms with Gasteiger partial charge in [0, 0.05) is 34.1 Å². The molecule has 0 aliphatic rings. The number of nitrogens with one attached hydrogen (secondary N) is 2. The summed E-state index contributed by atoms with van der Waals surface area (Å²) < 4.78 is 19.8. The maximum Gasteiger partial charge on any atom is 0.339 e. The van der Waals surface area contributed by atoms with Crippen molar-refractivity contribution < 1.29 is 18.7 Å². The number of fused-ring (bicyclic) bond motifs is 1. The number of hydrogen-bond acceptors (Lipinski definition) is 4. The molecule has 1 amide bonds. The van der Waals surface area contributed by atoms with Crippen molar-refractivity contribution in [1.29, 1.82) is 0 Å². The molecular weight excluding hydrogens is 397 g/mol. The standard InChI is InChI=1S/C22H22FN3O3.C2H6/c1-6-19(27)26-18-9-14(8-17(23)12(18)4)20-13(5)25-21-16(20)7-15(10-24-21)22(28)29-11(2)3;1-2/h6-11H,1H2,2-5H3,(H,24,25)(H,26,27);1-2H3. The molecule has 6 nitrogen and oxygen atoms in total. The van der Waals surface area contributed by atoms with Crippen molar-refractivity contribution in [2.45, 2.75) is 47.6 Å². The molecule has 7 heteroatoms. The lowest BCUT2D eigenvalue weighted by Gasteiger charge is -2.12. The van der Waals surface area contributed by atoms with E-state index in [2.05, 4.69) is 21.9 Å². The number of aromatic nitrogens is 2. The summed E-state index contributed by atoms with van der Waals surface area (Å²) in [6.45, 7) is 14.4. The largest absolute Gasteiger partial charge is 0.459 e. The van der Waals surface area contributed by atoms with Crippen LogP contribution in [0, 0.1) is 19.7 Å². The number of anilines is 1. The number of H-pyrrole nitrogens is 1. The molecule has 0 aliphatic heterocycles. The fraction of sp³-hybridized carbons (Fsp3) is 0.292. The second-order valence-corrected chi connectivity index (χ2v) is 7.02. The van der Waals surface area contributed by atoms with Gasteiger partial charge in [-0.25, -0.2) is 14.2 Å². The molecule has 0 saturated heterocycles. The molecule has 2 heterocycles. The SMILES string of the molecule is C=CC(=O)Nc1cc(-c2c(C)[nH]c3ncc(C(=O)OC(C)C)cc23)cc(F)c1C.CC. The number of esters is 1. The summed E-state index contributed by atoms with van der Waals surface area (Å²) in [5.41, 5.74) is 3.54. The Balaban J connectivity index is 0.00000166. The van der Waals surface area contributed by atoms with Gasteiger partial charge in [-0.05, 0) is 57.5 Å². The number of pyridine rings is 1. The van der Waals surface area contributed by atoms with E-state index >= 15 is 0 Å². The number of nitrogens with zero attached hydrogens (tertiary/aromatic N) is 1. The number of ether oxygens (including phenoxy) is 1. The van der Waals surface area contributed by atoms with Crippen LogP contribution in [0.1, 0.15) is 49.3 Å². The zero-order valence-electron chi connectivity index (χ0n) is 18.7. The highest BCUT2D eigenvalue weighted by Gasteiger charge is 2.18. The van der Waals surface area contributed by atoms with Gasteiger partial charge in [-0.2, -0.15) is 0 Å². The Labute approximate surface area is 181 Å². The molecule has 0 saturated carbocycles. The fourth-order valence-corrected chi connectivity index (χ4v) is 3.10. The summed E-state index contributed by atoms with van der Waals surface area (Å²) >= 11 is 0. The zero-order valence-corrected chi connectivity index (χ0v) is 18.7. The Morgan fingerprint density at radius 1 is 1.23 bits per heavy atom. The van der Waals surface area contributed by atoms with Crippen LogP contribution in [-0.2, 0) is 9.53 Å². The van der Waals surface area contributed by atoms with Crippen molar-refractivity contribution in [3.05, 3.63) is 59.7 Å². The molecule has 0 fully saturated rings. The van der Waals surface area contributed by atoms with Gasteiger partial charge in [-0.15, -0.1) is 0 Å². The molecule has 1 aromatic carbocycles. The van der Waals surface area contributed by atoms with Gasteiger partial charge in [0.05, 0.1) is 11.7 Å². The number of halogens is 1. The van der Waals surface area contributed by atoms with Gasteiger partial charge in [0.2, 0.25) is 5.91 Å². The Kier molecular flexibility index (Phi) is 7.69. The first-order valence-corrected chi connectivity index (χ1v) is 10.1. The van der Waals surface area contributed by atoms with E-state index in [1.54, 1.807) is 32.9 Å². The molecular formula is C24H28FN3O3. The lowest BCUT2D eigenvalue weighted by Crippen LogP contribution is -2.11. The van der Waals surface area contributed by atoms with Crippen LogP contribution in [0.5, 0.6) is 0 Å². The summed E-state index contributed by atoms with van der Waals surface area (Å²) in [6, 6.07) is 4.76. The Morgan fingerprint density at radius 3 is 2.52 bits per heavy atom. The van der Waals surface area contributed by atoms with Crippen molar-refractivity contribution in [3.63, 3.8) is 0 Å². The van der Waals surface area contributed by atoms with Crippen molar-refractivity contribution in [3.8, 4) is 11.1 Å². The highest BCUT2D eigenvalue weighted by molar-refractivity contribution is 6.02. The van der Waals surface area contributed by atoms with Gasteiger partial charge < -0.3 is 15.0 Å². The maximum absolute atomic E-state index is 14.6. The summed E-state index contributed by atoms with van der Waals surface area (Å²) in [4.78, 5) is 31.4. The second-order valence-electron chi connectivity index (χ2n) is 7.02. The number of carbonyl (C=O) groups is 2. The topological polar surface area (TPSA) is 84.1 Å². The van der Waals surface area contributed by atoms with Crippen LogP contribution in [0.4, 0.5) is 10.1 Å². The van der Waals surface area contributed by atoms with Crippen molar-refractivity contribution in [2.75, 3.05) is 5.32 Å². The molecule has 2 N–H and O–H groups in total. The molecule has 0 spiro atoms. The molecule has 164 valence electrons. The minimum atomic E-state index is -0.478. The molecule has 0 unspecified atom stereocenters. The highest BCUT2D eigenvalue weighted by atomic mass is 19.1. The zero-order chi connectivity index (χ0) is 23.3. The first-order valence-electron chi connectivity index (χ1n) is 10.1. The van der Waals surface area contributed by atoms with Gasteiger partial charge in [0.15, 0.2) is 0 Å². The molecule has 0 aliphatic carbocycles. The number of aromatic amines is 1. The van der Waals surface area contributed by atoms with E-state index in [4.69, 9.17) is 4.74 Å². The third-order valence-electron chi connectivity index (χ3n) is 4.49. The molecule has 31 heavy (non-hydrogen) atoms. The average Bonchev–Trinajstić information content (AvgIpc) is 3.06. The first kappa shape index (κ1) is 23.8. The van der Waals surface area contributed by atoms with E-state index in [0.717, 1.165) is 11.8 Å². The third-order valence-corrected chi connectivity index (χ3v) is 4.49.